The highest BCUT2D eigenvalue weighted by Crippen LogP contribution is 2.18. The molecule has 0 radical (unpaired) electrons. The maximum absolute atomic E-state index is 12.0. The molecule has 0 heterocycles. The first kappa shape index (κ1) is 20.6. The average molecular weight is 388 g/mol. The van der Waals surface area contributed by atoms with Gasteiger partial charge in [0.1, 0.15) is 11.5 Å². The van der Waals surface area contributed by atoms with Crippen LogP contribution in [0.15, 0.2) is 48.5 Å². The zero-order valence-electron chi connectivity index (χ0n) is 15.7. The molecule has 27 heavy (non-hydrogen) atoms. The lowest BCUT2D eigenvalue weighted by molar-refractivity contribution is -0.114. The summed E-state index contributed by atoms with van der Waals surface area (Å²) in [6.07, 6.45) is 0.103. The number of carbonyl (C=O) groups is 2. The number of methoxy groups -OCH3 is 1. The van der Waals surface area contributed by atoms with Gasteiger partial charge in [0, 0.05) is 11.4 Å². The number of thioether (sulfide) groups is 1. The van der Waals surface area contributed by atoms with Crippen LogP contribution in [0.3, 0.4) is 0 Å². The van der Waals surface area contributed by atoms with E-state index in [0.717, 1.165) is 11.5 Å². The van der Waals surface area contributed by atoms with Gasteiger partial charge >= 0.3 is 0 Å². The van der Waals surface area contributed by atoms with E-state index in [1.54, 1.807) is 43.5 Å². The molecular weight excluding hydrogens is 364 g/mol. The molecule has 2 aromatic rings. The highest BCUT2D eigenvalue weighted by molar-refractivity contribution is 8.00. The number of benzene rings is 2. The normalized spacial score (nSPS) is 10.4. The Kier molecular flexibility index (Phi) is 8.00. The van der Waals surface area contributed by atoms with Crippen molar-refractivity contribution in [1.82, 2.24) is 0 Å². The minimum atomic E-state index is -0.159. The number of hydrogen-bond donors (Lipinski definition) is 2. The fourth-order valence-corrected chi connectivity index (χ4v) is 2.81. The maximum atomic E-state index is 12.0. The molecule has 0 bridgehead atoms. The van der Waals surface area contributed by atoms with Crippen LogP contribution in [-0.2, 0) is 9.59 Å². The Balaban J connectivity index is 1.69. The summed E-state index contributed by atoms with van der Waals surface area (Å²) in [5.74, 6) is 1.55. The molecular formula is C20H24N2O4S. The Morgan fingerprint density at radius 1 is 0.852 bits per heavy atom. The van der Waals surface area contributed by atoms with Crippen LogP contribution in [0, 0.1) is 0 Å². The second-order valence-corrected chi connectivity index (χ2v) is 6.99. The predicted molar refractivity (Wildman–Crippen MR) is 110 cm³/mol. The van der Waals surface area contributed by atoms with E-state index >= 15 is 0 Å². The Bertz CT molecular complexity index is 746. The summed E-state index contributed by atoms with van der Waals surface area (Å²) in [5, 5.41) is 5.58. The van der Waals surface area contributed by atoms with E-state index in [0.29, 0.717) is 11.4 Å². The molecule has 0 aliphatic heterocycles. The molecule has 0 aromatic heterocycles. The van der Waals surface area contributed by atoms with Gasteiger partial charge < -0.3 is 20.1 Å². The summed E-state index contributed by atoms with van der Waals surface area (Å²) in [4.78, 5) is 23.9. The van der Waals surface area contributed by atoms with E-state index in [1.807, 2.05) is 26.0 Å². The molecule has 2 aromatic carbocycles. The average Bonchev–Trinajstić information content (AvgIpc) is 2.63. The molecule has 0 saturated carbocycles. The third kappa shape index (κ3) is 7.62. The standard InChI is InChI=1S/C20H24N2O4S/c1-14(2)26-18-10-6-16(7-11-18)22-20(24)13-27-12-19(23)21-15-4-8-17(25-3)9-5-15/h4-11,14H,12-13H2,1-3H3,(H,21,23)(H,22,24). The van der Waals surface area contributed by atoms with E-state index in [1.165, 1.54) is 11.8 Å². The van der Waals surface area contributed by atoms with Crippen molar-refractivity contribution in [3.63, 3.8) is 0 Å². The smallest absolute Gasteiger partial charge is 0.234 e. The fourth-order valence-electron chi connectivity index (χ4n) is 2.19. The number of amides is 2. The van der Waals surface area contributed by atoms with Gasteiger partial charge in [0.2, 0.25) is 11.8 Å². The van der Waals surface area contributed by atoms with Crippen LogP contribution in [0.25, 0.3) is 0 Å². The summed E-state index contributed by atoms with van der Waals surface area (Å²) in [5.41, 5.74) is 1.38. The Morgan fingerprint density at radius 3 is 1.70 bits per heavy atom. The Labute approximate surface area is 163 Å². The minimum Gasteiger partial charge on any atom is -0.497 e. The van der Waals surface area contributed by atoms with Crippen molar-refractivity contribution in [3.8, 4) is 11.5 Å². The van der Waals surface area contributed by atoms with Gasteiger partial charge in [-0.3, -0.25) is 9.59 Å². The molecule has 0 fully saturated rings. The molecule has 0 aliphatic carbocycles. The lowest BCUT2D eigenvalue weighted by Crippen LogP contribution is -2.18. The van der Waals surface area contributed by atoms with Gasteiger partial charge in [0.25, 0.3) is 0 Å². The first-order valence-corrected chi connectivity index (χ1v) is 9.70. The molecule has 2 amide bonds. The van der Waals surface area contributed by atoms with Crippen LogP contribution in [-0.4, -0.2) is 36.5 Å². The summed E-state index contributed by atoms with van der Waals surface area (Å²) >= 11 is 1.25. The van der Waals surface area contributed by atoms with Gasteiger partial charge in [-0.25, -0.2) is 0 Å². The zero-order valence-corrected chi connectivity index (χ0v) is 16.5. The monoisotopic (exact) mass is 388 g/mol. The van der Waals surface area contributed by atoms with E-state index in [9.17, 15) is 9.59 Å². The van der Waals surface area contributed by atoms with Crippen molar-refractivity contribution in [2.45, 2.75) is 20.0 Å². The quantitative estimate of drug-likeness (QED) is 0.683. The van der Waals surface area contributed by atoms with Crippen LogP contribution in [0.2, 0.25) is 0 Å². The van der Waals surface area contributed by atoms with Gasteiger partial charge in [-0.05, 0) is 62.4 Å². The highest BCUT2D eigenvalue weighted by atomic mass is 32.2. The zero-order chi connectivity index (χ0) is 19.6. The Hall–Kier alpha value is -2.67. The fraction of sp³-hybridized carbons (Fsp3) is 0.300. The van der Waals surface area contributed by atoms with Crippen molar-refractivity contribution >= 4 is 35.0 Å². The van der Waals surface area contributed by atoms with Gasteiger partial charge in [0.15, 0.2) is 0 Å². The van der Waals surface area contributed by atoms with Crippen LogP contribution in [0.1, 0.15) is 13.8 Å². The lowest BCUT2D eigenvalue weighted by Gasteiger charge is -2.10. The third-order valence-corrected chi connectivity index (χ3v) is 4.28. The SMILES string of the molecule is COc1ccc(NC(=O)CSCC(=O)Nc2ccc(OC(C)C)cc2)cc1. The van der Waals surface area contributed by atoms with Crippen molar-refractivity contribution in [1.29, 1.82) is 0 Å². The van der Waals surface area contributed by atoms with Crippen molar-refractivity contribution in [2.24, 2.45) is 0 Å². The van der Waals surface area contributed by atoms with Crippen molar-refractivity contribution in [2.75, 3.05) is 29.2 Å². The summed E-state index contributed by atoms with van der Waals surface area (Å²) in [6, 6.07) is 14.3. The number of carbonyl (C=O) groups excluding carboxylic acids is 2. The second-order valence-electron chi connectivity index (χ2n) is 6.01. The number of rotatable bonds is 9. The maximum Gasteiger partial charge on any atom is 0.234 e. The van der Waals surface area contributed by atoms with Gasteiger partial charge in [-0.15, -0.1) is 11.8 Å². The van der Waals surface area contributed by atoms with Crippen molar-refractivity contribution < 1.29 is 19.1 Å². The van der Waals surface area contributed by atoms with Gasteiger partial charge in [-0.1, -0.05) is 0 Å². The summed E-state index contributed by atoms with van der Waals surface area (Å²) in [7, 11) is 1.59. The van der Waals surface area contributed by atoms with Gasteiger partial charge in [0.05, 0.1) is 24.7 Å². The molecule has 7 heteroatoms. The van der Waals surface area contributed by atoms with Crippen LogP contribution in [0.4, 0.5) is 11.4 Å². The minimum absolute atomic E-state index is 0.103. The molecule has 0 unspecified atom stereocenters. The second kappa shape index (κ2) is 10.5. The first-order chi connectivity index (χ1) is 13.0. The molecule has 144 valence electrons. The Morgan fingerprint density at radius 2 is 1.30 bits per heavy atom. The van der Waals surface area contributed by atoms with Crippen molar-refractivity contribution in [3.05, 3.63) is 48.5 Å². The van der Waals surface area contributed by atoms with E-state index < -0.39 is 0 Å². The van der Waals surface area contributed by atoms with E-state index in [-0.39, 0.29) is 29.4 Å². The lowest BCUT2D eigenvalue weighted by atomic mass is 10.3. The van der Waals surface area contributed by atoms with Crippen LogP contribution < -0.4 is 20.1 Å². The third-order valence-electron chi connectivity index (χ3n) is 3.35. The molecule has 0 saturated heterocycles. The molecule has 0 spiro atoms. The topological polar surface area (TPSA) is 76.7 Å². The number of ether oxygens (including phenoxy) is 2. The number of anilines is 2. The number of hydrogen-bond acceptors (Lipinski definition) is 5. The van der Waals surface area contributed by atoms with Gasteiger partial charge in [-0.2, -0.15) is 0 Å². The molecule has 2 N–H and O–H groups in total. The van der Waals surface area contributed by atoms with E-state index in [2.05, 4.69) is 10.6 Å². The molecule has 2 rings (SSSR count). The van der Waals surface area contributed by atoms with Crippen LogP contribution >= 0.6 is 11.8 Å². The predicted octanol–water partition coefficient (Wildman–Crippen LogP) is 3.79. The van der Waals surface area contributed by atoms with Crippen LogP contribution in [0.5, 0.6) is 11.5 Å². The molecule has 0 aliphatic rings. The van der Waals surface area contributed by atoms with E-state index in [4.69, 9.17) is 9.47 Å². The summed E-state index contributed by atoms with van der Waals surface area (Å²) < 4.78 is 10.6. The first-order valence-electron chi connectivity index (χ1n) is 8.54. The summed E-state index contributed by atoms with van der Waals surface area (Å²) in [6.45, 7) is 3.91. The molecule has 6 nitrogen and oxygen atoms in total. The number of nitrogens with one attached hydrogen (secondary N) is 2. The molecule has 0 atom stereocenters. The highest BCUT2D eigenvalue weighted by Gasteiger charge is 2.07. The largest absolute Gasteiger partial charge is 0.497 e.